The van der Waals surface area contributed by atoms with Crippen LogP contribution in [-0.4, -0.2) is 29.0 Å². The van der Waals surface area contributed by atoms with Crippen molar-refractivity contribution in [1.82, 2.24) is 15.2 Å². The molecular formula is C21H17N5O3. The van der Waals surface area contributed by atoms with Crippen LogP contribution in [0.25, 0.3) is 5.69 Å². The summed E-state index contributed by atoms with van der Waals surface area (Å²) in [6, 6.07) is 17.6. The third-order valence-electron chi connectivity index (χ3n) is 4.14. The molecular weight excluding hydrogens is 370 g/mol. The third-order valence-corrected chi connectivity index (χ3v) is 4.14. The van der Waals surface area contributed by atoms with E-state index in [0.717, 1.165) is 10.2 Å². The maximum Gasteiger partial charge on any atom is 0.292 e. The highest BCUT2D eigenvalue weighted by Crippen LogP contribution is 2.12. The predicted molar refractivity (Wildman–Crippen MR) is 107 cm³/mol. The van der Waals surface area contributed by atoms with Crippen LogP contribution in [0, 0.1) is 18.3 Å². The van der Waals surface area contributed by atoms with E-state index in [2.05, 4.69) is 15.6 Å². The molecule has 144 valence electrons. The number of nitriles is 1. The highest BCUT2D eigenvalue weighted by molar-refractivity contribution is 5.94. The number of benzene rings is 2. The molecule has 0 aliphatic carbocycles. The summed E-state index contributed by atoms with van der Waals surface area (Å²) >= 11 is 0. The minimum atomic E-state index is -0.636. The van der Waals surface area contributed by atoms with Gasteiger partial charge < -0.3 is 4.74 Å². The molecule has 0 fully saturated rings. The van der Waals surface area contributed by atoms with Gasteiger partial charge in [0.25, 0.3) is 11.5 Å². The Morgan fingerprint density at radius 2 is 2.00 bits per heavy atom. The van der Waals surface area contributed by atoms with Crippen molar-refractivity contribution in [3.05, 3.63) is 87.3 Å². The molecule has 29 heavy (non-hydrogen) atoms. The lowest BCUT2D eigenvalue weighted by molar-refractivity contribution is 0.0947. The molecule has 3 aromatic rings. The van der Waals surface area contributed by atoms with Gasteiger partial charge >= 0.3 is 0 Å². The number of hydrazone groups is 1. The fourth-order valence-corrected chi connectivity index (χ4v) is 2.64. The summed E-state index contributed by atoms with van der Waals surface area (Å²) in [6.45, 7) is 1.50. The number of para-hydroxylation sites is 1. The van der Waals surface area contributed by atoms with Crippen LogP contribution >= 0.6 is 0 Å². The van der Waals surface area contributed by atoms with E-state index in [1.165, 1.54) is 13.1 Å². The fourth-order valence-electron chi connectivity index (χ4n) is 2.64. The Labute approximate surface area is 166 Å². The van der Waals surface area contributed by atoms with E-state index >= 15 is 0 Å². The highest BCUT2D eigenvalue weighted by atomic mass is 16.5. The SMILES string of the molecule is COc1cccc(C=NNC(=O)c2nn(-c3ccccc3)c(=O)c(C#N)c2C)c1. The van der Waals surface area contributed by atoms with Gasteiger partial charge in [0.2, 0.25) is 0 Å². The average Bonchev–Trinajstić information content (AvgIpc) is 2.75. The van der Waals surface area contributed by atoms with Gasteiger partial charge in [0, 0.05) is 5.56 Å². The first-order valence-corrected chi connectivity index (χ1v) is 8.62. The Bertz CT molecular complexity index is 1180. The lowest BCUT2D eigenvalue weighted by Gasteiger charge is -2.10. The lowest BCUT2D eigenvalue weighted by Crippen LogP contribution is -2.31. The normalized spacial score (nSPS) is 10.5. The number of hydrogen-bond acceptors (Lipinski definition) is 6. The van der Waals surface area contributed by atoms with Gasteiger partial charge in [0.05, 0.1) is 19.0 Å². The zero-order valence-corrected chi connectivity index (χ0v) is 15.8. The summed E-state index contributed by atoms with van der Waals surface area (Å²) in [7, 11) is 1.56. The molecule has 3 rings (SSSR count). The second-order valence-corrected chi connectivity index (χ2v) is 5.99. The topological polar surface area (TPSA) is 109 Å². The minimum absolute atomic E-state index is 0.0622. The number of amides is 1. The van der Waals surface area contributed by atoms with Gasteiger partial charge in [-0.25, -0.2) is 5.43 Å². The van der Waals surface area contributed by atoms with E-state index in [4.69, 9.17) is 4.74 Å². The van der Waals surface area contributed by atoms with Gasteiger partial charge in [0.15, 0.2) is 5.69 Å². The first-order chi connectivity index (χ1) is 14.0. The van der Waals surface area contributed by atoms with E-state index in [-0.39, 0.29) is 16.8 Å². The third kappa shape index (κ3) is 4.20. The molecule has 1 heterocycles. The van der Waals surface area contributed by atoms with Gasteiger partial charge in [-0.15, -0.1) is 0 Å². The molecule has 0 saturated heterocycles. The smallest absolute Gasteiger partial charge is 0.292 e. The first kappa shape index (κ1) is 19.5. The van der Waals surface area contributed by atoms with E-state index in [1.54, 1.807) is 61.7 Å². The van der Waals surface area contributed by atoms with E-state index in [9.17, 15) is 14.9 Å². The van der Waals surface area contributed by atoms with Crippen molar-refractivity contribution in [2.45, 2.75) is 6.92 Å². The molecule has 2 aromatic carbocycles. The number of methoxy groups -OCH3 is 1. The molecule has 8 heteroatoms. The Balaban J connectivity index is 1.93. The number of rotatable bonds is 5. The maximum absolute atomic E-state index is 12.6. The summed E-state index contributed by atoms with van der Waals surface area (Å²) < 4.78 is 6.17. The molecule has 0 radical (unpaired) electrons. The second-order valence-electron chi connectivity index (χ2n) is 5.99. The second kappa shape index (κ2) is 8.63. The van der Waals surface area contributed by atoms with Crippen molar-refractivity contribution in [3.8, 4) is 17.5 Å². The number of hydrogen-bond donors (Lipinski definition) is 1. The fraction of sp³-hybridized carbons (Fsp3) is 0.0952. The van der Waals surface area contributed by atoms with Crippen LogP contribution in [0.1, 0.15) is 27.2 Å². The molecule has 0 spiro atoms. The quantitative estimate of drug-likeness (QED) is 0.533. The predicted octanol–water partition coefficient (Wildman–Crippen LogP) is 2.19. The van der Waals surface area contributed by atoms with Gasteiger partial charge in [-0.05, 0) is 36.8 Å². The number of nitrogens with zero attached hydrogens (tertiary/aromatic N) is 4. The Kier molecular flexibility index (Phi) is 5.80. The Morgan fingerprint density at radius 3 is 2.69 bits per heavy atom. The lowest BCUT2D eigenvalue weighted by atomic mass is 10.1. The molecule has 0 atom stereocenters. The summed E-state index contributed by atoms with van der Waals surface area (Å²) in [5.74, 6) is 0.0224. The summed E-state index contributed by atoms with van der Waals surface area (Å²) in [4.78, 5) is 25.2. The van der Waals surface area contributed by atoms with Crippen LogP contribution in [-0.2, 0) is 0 Å². The minimum Gasteiger partial charge on any atom is -0.497 e. The molecule has 1 amide bonds. The molecule has 8 nitrogen and oxygen atoms in total. The zero-order valence-electron chi connectivity index (χ0n) is 15.8. The summed E-state index contributed by atoms with van der Waals surface area (Å²) in [5, 5.41) is 17.5. The van der Waals surface area contributed by atoms with Crippen LogP contribution < -0.4 is 15.7 Å². The van der Waals surface area contributed by atoms with Crippen molar-refractivity contribution in [3.63, 3.8) is 0 Å². The van der Waals surface area contributed by atoms with Crippen LogP contribution in [0.3, 0.4) is 0 Å². The molecule has 0 aliphatic rings. The first-order valence-electron chi connectivity index (χ1n) is 8.62. The standard InChI is InChI=1S/C21H17N5O3/c1-14-18(12-22)21(28)26(16-8-4-3-5-9-16)25-19(14)20(27)24-23-13-15-7-6-10-17(11-15)29-2/h3-11,13H,1-2H3,(H,24,27). The van der Waals surface area contributed by atoms with E-state index < -0.39 is 11.5 Å². The highest BCUT2D eigenvalue weighted by Gasteiger charge is 2.19. The molecule has 1 N–H and O–H groups in total. The van der Waals surface area contributed by atoms with E-state index in [0.29, 0.717) is 11.4 Å². The van der Waals surface area contributed by atoms with Gasteiger partial charge in [-0.1, -0.05) is 30.3 Å². The number of carbonyl (C=O) groups excluding carboxylic acids is 1. The zero-order chi connectivity index (χ0) is 20.8. The van der Waals surface area contributed by atoms with E-state index in [1.807, 2.05) is 6.07 Å². The largest absolute Gasteiger partial charge is 0.497 e. The number of aromatic nitrogens is 2. The molecule has 1 aromatic heterocycles. The molecule has 0 bridgehead atoms. The van der Waals surface area contributed by atoms with Crippen molar-refractivity contribution >= 4 is 12.1 Å². The van der Waals surface area contributed by atoms with Crippen molar-refractivity contribution in [1.29, 1.82) is 5.26 Å². The van der Waals surface area contributed by atoms with Gasteiger partial charge in [-0.2, -0.15) is 20.1 Å². The molecule has 0 aliphatic heterocycles. The molecule has 0 saturated carbocycles. The number of carbonyl (C=O) groups is 1. The summed E-state index contributed by atoms with van der Waals surface area (Å²) in [6.07, 6.45) is 1.45. The maximum atomic E-state index is 12.6. The van der Waals surface area contributed by atoms with Crippen molar-refractivity contribution in [2.24, 2.45) is 5.10 Å². The van der Waals surface area contributed by atoms with Crippen LogP contribution in [0.5, 0.6) is 5.75 Å². The molecule has 0 unspecified atom stereocenters. The van der Waals surface area contributed by atoms with Crippen molar-refractivity contribution < 1.29 is 9.53 Å². The monoisotopic (exact) mass is 387 g/mol. The Morgan fingerprint density at radius 1 is 1.24 bits per heavy atom. The summed E-state index contributed by atoms with van der Waals surface area (Å²) in [5.41, 5.74) is 2.94. The number of ether oxygens (including phenoxy) is 1. The van der Waals surface area contributed by atoms with Gasteiger partial charge in [-0.3, -0.25) is 9.59 Å². The van der Waals surface area contributed by atoms with Crippen molar-refractivity contribution in [2.75, 3.05) is 7.11 Å². The van der Waals surface area contributed by atoms with Crippen LogP contribution in [0.2, 0.25) is 0 Å². The van der Waals surface area contributed by atoms with Gasteiger partial charge in [0.1, 0.15) is 17.4 Å². The Hall–Kier alpha value is -4.25. The van der Waals surface area contributed by atoms with Crippen LogP contribution in [0.15, 0.2) is 64.5 Å². The number of nitrogens with one attached hydrogen (secondary N) is 1. The van der Waals surface area contributed by atoms with Crippen LogP contribution in [0.4, 0.5) is 0 Å². The average molecular weight is 387 g/mol.